The lowest BCUT2D eigenvalue weighted by molar-refractivity contribution is -0.123. The highest BCUT2D eigenvalue weighted by atomic mass is 16.2. The number of carbonyl (C=O) groups is 2. The van der Waals surface area contributed by atoms with Crippen molar-refractivity contribution in [1.29, 1.82) is 0 Å². The molecule has 3 aromatic rings. The largest absolute Gasteiger partial charge is 0.348 e. The van der Waals surface area contributed by atoms with Gasteiger partial charge in [-0.2, -0.15) is 0 Å². The molecule has 1 unspecified atom stereocenters. The van der Waals surface area contributed by atoms with Crippen LogP contribution in [0.25, 0.3) is 0 Å². The van der Waals surface area contributed by atoms with Gasteiger partial charge in [0.05, 0.1) is 12.2 Å². The SMILES string of the molecule is Cc1cccc(CNC(=O)C(NC(=O)c2ccccc2)c2ccccc2)n1. The molecule has 1 atom stereocenters. The van der Waals surface area contributed by atoms with Crippen molar-refractivity contribution >= 4 is 11.8 Å². The van der Waals surface area contributed by atoms with E-state index in [-0.39, 0.29) is 11.8 Å². The number of nitrogens with zero attached hydrogens (tertiary/aromatic N) is 1. The predicted octanol–water partition coefficient (Wildman–Crippen LogP) is 3.18. The van der Waals surface area contributed by atoms with Crippen molar-refractivity contribution in [3.05, 3.63) is 101 Å². The summed E-state index contributed by atoms with van der Waals surface area (Å²) in [7, 11) is 0. The van der Waals surface area contributed by atoms with Crippen LogP contribution in [0.4, 0.5) is 0 Å². The van der Waals surface area contributed by atoms with E-state index >= 15 is 0 Å². The van der Waals surface area contributed by atoms with E-state index in [1.165, 1.54) is 0 Å². The molecule has 0 fully saturated rings. The highest BCUT2D eigenvalue weighted by Crippen LogP contribution is 2.14. The van der Waals surface area contributed by atoms with Crippen LogP contribution < -0.4 is 10.6 Å². The Bertz CT molecular complexity index is 911. The van der Waals surface area contributed by atoms with E-state index in [1.54, 1.807) is 24.3 Å². The Morgan fingerprint density at radius 1 is 0.889 bits per heavy atom. The number of pyridine rings is 1. The number of amides is 2. The van der Waals surface area contributed by atoms with Gasteiger partial charge in [-0.3, -0.25) is 14.6 Å². The number of aromatic nitrogens is 1. The smallest absolute Gasteiger partial charge is 0.252 e. The minimum Gasteiger partial charge on any atom is -0.348 e. The molecule has 136 valence electrons. The second kappa shape index (κ2) is 8.76. The van der Waals surface area contributed by atoms with Crippen LogP contribution in [-0.4, -0.2) is 16.8 Å². The summed E-state index contributed by atoms with van der Waals surface area (Å²) < 4.78 is 0. The fraction of sp³-hybridized carbons (Fsp3) is 0.136. The van der Waals surface area contributed by atoms with E-state index < -0.39 is 6.04 Å². The third-order valence-electron chi connectivity index (χ3n) is 4.10. The molecule has 0 radical (unpaired) electrons. The van der Waals surface area contributed by atoms with E-state index in [1.807, 2.05) is 61.5 Å². The molecule has 2 amide bonds. The number of benzene rings is 2. The van der Waals surface area contributed by atoms with Crippen molar-refractivity contribution < 1.29 is 9.59 Å². The van der Waals surface area contributed by atoms with Crippen LogP contribution in [0.5, 0.6) is 0 Å². The summed E-state index contributed by atoms with van der Waals surface area (Å²) in [4.78, 5) is 29.7. The van der Waals surface area contributed by atoms with Gasteiger partial charge >= 0.3 is 0 Å². The lowest BCUT2D eigenvalue weighted by atomic mass is 10.1. The second-order valence-corrected chi connectivity index (χ2v) is 6.17. The van der Waals surface area contributed by atoms with Gasteiger partial charge in [-0.05, 0) is 36.8 Å². The normalized spacial score (nSPS) is 11.4. The van der Waals surface area contributed by atoms with Crippen molar-refractivity contribution in [2.75, 3.05) is 0 Å². The average molecular weight is 359 g/mol. The molecule has 0 spiro atoms. The highest BCUT2D eigenvalue weighted by Gasteiger charge is 2.23. The third kappa shape index (κ3) is 5.01. The molecule has 2 aromatic carbocycles. The van der Waals surface area contributed by atoms with Gasteiger partial charge in [0.2, 0.25) is 5.91 Å². The van der Waals surface area contributed by atoms with Crippen LogP contribution >= 0.6 is 0 Å². The molecule has 1 aromatic heterocycles. The van der Waals surface area contributed by atoms with Gasteiger partial charge < -0.3 is 10.6 Å². The molecular weight excluding hydrogens is 338 g/mol. The van der Waals surface area contributed by atoms with Crippen molar-refractivity contribution in [2.24, 2.45) is 0 Å². The molecule has 0 saturated carbocycles. The van der Waals surface area contributed by atoms with Crippen LogP contribution in [0.2, 0.25) is 0 Å². The zero-order chi connectivity index (χ0) is 19.1. The Hall–Kier alpha value is -3.47. The number of rotatable bonds is 6. The summed E-state index contributed by atoms with van der Waals surface area (Å²) in [6.45, 7) is 2.20. The topological polar surface area (TPSA) is 71.1 Å². The van der Waals surface area contributed by atoms with E-state index in [2.05, 4.69) is 15.6 Å². The van der Waals surface area contributed by atoms with Gasteiger partial charge in [0.25, 0.3) is 5.91 Å². The van der Waals surface area contributed by atoms with Crippen LogP contribution in [0.3, 0.4) is 0 Å². The molecule has 5 heteroatoms. The maximum Gasteiger partial charge on any atom is 0.252 e. The molecule has 0 aliphatic rings. The Balaban J connectivity index is 1.75. The maximum absolute atomic E-state index is 12.8. The fourth-order valence-electron chi connectivity index (χ4n) is 2.73. The molecule has 5 nitrogen and oxygen atoms in total. The van der Waals surface area contributed by atoms with Gasteiger partial charge in [-0.25, -0.2) is 0 Å². The zero-order valence-corrected chi connectivity index (χ0v) is 15.1. The summed E-state index contributed by atoms with van der Waals surface area (Å²) in [5.41, 5.74) is 2.88. The number of hydrogen-bond acceptors (Lipinski definition) is 3. The standard InChI is InChI=1S/C22H21N3O2/c1-16-9-8-14-19(24-16)15-23-22(27)20(17-10-4-2-5-11-17)25-21(26)18-12-6-3-7-13-18/h2-14,20H,15H2,1H3,(H,23,27)(H,25,26). The van der Waals surface area contributed by atoms with Crippen LogP contribution in [0, 0.1) is 6.92 Å². The van der Waals surface area contributed by atoms with Crippen LogP contribution in [0.1, 0.15) is 33.4 Å². The van der Waals surface area contributed by atoms with Gasteiger partial charge in [0.1, 0.15) is 6.04 Å². The third-order valence-corrected chi connectivity index (χ3v) is 4.10. The number of aryl methyl sites for hydroxylation is 1. The fourth-order valence-corrected chi connectivity index (χ4v) is 2.73. The van der Waals surface area contributed by atoms with Crippen molar-refractivity contribution in [2.45, 2.75) is 19.5 Å². The first kappa shape index (κ1) is 18.3. The predicted molar refractivity (Wildman–Crippen MR) is 104 cm³/mol. The first-order chi connectivity index (χ1) is 13.1. The van der Waals surface area contributed by atoms with Crippen molar-refractivity contribution in [3.8, 4) is 0 Å². The van der Waals surface area contributed by atoms with E-state index in [0.717, 1.165) is 17.0 Å². The van der Waals surface area contributed by atoms with Crippen molar-refractivity contribution in [3.63, 3.8) is 0 Å². The Labute approximate surface area is 158 Å². The monoisotopic (exact) mass is 359 g/mol. The highest BCUT2D eigenvalue weighted by molar-refractivity contribution is 5.97. The molecule has 0 bridgehead atoms. The van der Waals surface area contributed by atoms with E-state index in [9.17, 15) is 9.59 Å². The number of hydrogen-bond donors (Lipinski definition) is 2. The lowest BCUT2D eigenvalue weighted by Gasteiger charge is -2.19. The first-order valence-electron chi connectivity index (χ1n) is 8.74. The lowest BCUT2D eigenvalue weighted by Crippen LogP contribution is -2.40. The number of nitrogens with one attached hydrogen (secondary N) is 2. The van der Waals surface area contributed by atoms with Crippen LogP contribution in [0.15, 0.2) is 78.9 Å². The average Bonchev–Trinajstić information content (AvgIpc) is 2.71. The zero-order valence-electron chi connectivity index (χ0n) is 15.1. The number of carbonyl (C=O) groups excluding carboxylic acids is 2. The Morgan fingerprint density at radius 3 is 2.22 bits per heavy atom. The minimum atomic E-state index is -0.788. The van der Waals surface area contributed by atoms with E-state index in [4.69, 9.17) is 0 Å². The molecular formula is C22H21N3O2. The van der Waals surface area contributed by atoms with Gasteiger partial charge in [0, 0.05) is 11.3 Å². The summed E-state index contributed by atoms with van der Waals surface area (Å²) in [6.07, 6.45) is 0. The van der Waals surface area contributed by atoms with Gasteiger partial charge in [-0.1, -0.05) is 54.6 Å². The van der Waals surface area contributed by atoms with Gasteiger partial charge in [0.15, 0.2) is 0 Å². The summed E-state index contributed by atoms with van der Waals surface area (Å²) in [5, 5.41) is 5.69. The second-order valence-electron chi connectivity index (χ2n) is 6.17. The van der Waals surface area contributed by atoms with Crippen molar-refractivity contribution in [1.82, 2.24) is 15.6 Å². The maximum atomic E-state index is 12.8. The molecule has 3 rings (SSSR count). The molecule has 1 heterocycles. The molecule has 2 N–H and O–H groups in total. The summed E-state index contributed by atoms with van der Waals surface area (Å²) >= 11 is 0. The summed E-state index contributed by atoms with van der Waals surface area (Å²) in [6, 6.07) is 22.9. The molecule has 27 heavy (non-hydrogen) atoms. The Morgan fingerprint density at radius 2 is 1.56 bits per heavy atom. The molecule has 0 aliphatic heterocycles. The molecule has 0 saturated heterocycles. The first-order valence-corrected chi connectivity index (χ1v) is 8.74. The van der Waals surface area contributed by atoms with E-state index in [0.29, 0.717) is 12.1 Å². The minimum absolute atomic E-state index is 0.284. The summed E-state index contributed by atoms with van der Waals surface area (Å²) in [5.74, 6) is -0.581. The molecule has 0 aliphatic carbocycles. The Kier molecular flexibility index (Phi) is 5.94. The van der Waals surface area contributed by atoms with Crippen LogP contribution in [-0.2, 0) is 11.3 Å². The quantitative estimate of drug-likeness (QED) is 0.710. The van der Waals surface area contributed by atoms with Gasteiger partial charge in [-0.15, -0.1) is 0 Å².